The summed E-state index contributed by atoms with van der Waals surface area (Å²) in [4.78, 5) is 23.4. The maximum atomic E-state index is 11.9. The maximum Gasteiger partial charge on any atom is 0.341 e. The highest BCUT2D eigenvalue weighted by atomic mass is 35.5. The number of rotatable bonds is 6. The van der Waals surface area contributed by atoms with Crippen molar-refractivity contribution in [3.8, 4) is 11.5 Å². The molecule has 1 amide bonds. The van der Waals surface area contributed by atoms with Gasteiger partial charge in [-0.25, -0.2) is 4.79 Å². The molecule has 0 bridgehead atoms. The third kappa shape index (κ3) is 4.39. The number of anilines is 1. The lowest BCUT2D eigenvalue weighted by Gasteiger charge is -2.11. The van der Waals surface area contributed by atoms with E-state index < -0.39 is 5.97 Å². The Morgan fingerprint density at radius 2 is 1.92 bits per heavy atom. The number of methoxy groups -OCH3 is 1. The number of carbonyl (C=O) groups excluding carboxylic acids is 2. The van der Waals surface area contributed by atoms with E-state index in [2.05, 4.69) is 10.1 Å². The van der Waals surface area contributed by atoms with Gasteiger partial charge in [0.1, 0.15) is 11.3 Å². The van der Waals surface area contributed by atoms with Crippen LogP contribution in [0.5, 0.6) is 11.5 Å². The number of phenols is 1. The minimum atomic E-state index is -0.689. The molecule has 0 heterocycles. The fourth-order valence-electron chi connectivity index (χ4n) is 1.95. The molecule has 0 fully saturated rings. The van der Waals surface area contributed by atoms with Gasteiger partial charge in [0.2, 0.25) is 5.91 Å². The van der Waals surface area contributed by atoms with E-state index in [4.69, 9.17) is 16.3 Å². The molecule has 0 radical (unpaired) electrons. The quantitative estimate of drug-likeness (QED) is 0.617. The molecule has 0 aromatic heterocycles. The van der Waals surface area contributed by atoms with Crippen LogP contribution in [0.2, 0.25) is 5.02 Å². The number of hydrogen-bond donors (Lipinski definition) is 2. The molecular formula is C17H16ClNO5. The van der Waals surface area contributed by atoms with Gasteiger partial charge in [0.15, 0.2) is 5.75 Å². The molecule has 0 spiro atoms. The number of phenolic OH excluding ortho intramolecular Hbond substituents is 1. The molecule has 0 unspecified atom stereocenters. The van der Waals surface area contributed by atoms with Crippen molar-refractivity contribution in [2.24, 2.45) is 0 Å². The number of halogens is 1. The van der Waals surface area contributed by atoms with Crippen molar-refractivity contribution < 1.29 is 24.2 Å². The van der Waals surface area contributed by atoms with Gasteiger partial charge in [-0.2, -0.15) is 0 Å². The number of nitrogens with one attached hydrogen (secondary N) is 1. The fourth-order valence-corrected chi connectivity index (χ4v) is 2.14. The second-order valence-electron chi connectivity index (χ2n) is 4.77. The summed E-state index contributed by atoms with van der Waals surface area (Å²) >= 11 is 5.95. The van der Waals surface area contributed by atoms with E-state index in [0.717, 1.165) is 0 Å². The molecule has 0 atom stereocenters. The van der Waals surface area contributed by atoms with Crippen LogP contribution in [0.3, 0.4) is 0 Å². The Balaban J connectivity index is 1.93. The zero-order valence-electron chi connectivity index (χ0n) is 12.9. The predicted molar refractivity (Wildman–Crippen MR) is 89.6 cm³/mol. The molecule has 126 valence electrons. The highest BCUT2D eigenvalue weighted by Crippen LogP contribution is 2.28. The Hall–Kier alpha value is -2.73. The highest BCUT2D eigenvalue weighted by Gasteiger charge is 2.16. The topological polar surface area (TPSA) is 84.9 Å². The van der Waals surface area contributed by atoms with Crippen LogP contribution in [-0.2, 0) is 9.53 Å². The largest absolute Gasteiger partial charge is 0.505 e. The van der Waals surface area contributed by atoms with Crippen LogP contribution in [-0.4, -0.2) is 30.7 Å². The van der Waals surface area contributed by atoms with Crippen molar-refractivity contribution in [3.05, 3.63) is 53.1 Å². The second-order valence-corrected chi connectivity index (χ2v) is 5.18. The molecule has 0 aliphatic rings. The van der Waals surface area contributed by atoms with Gasteiger partial charge in [-0.1, -0.05) is 29.8 Å². The Morgan fingerprint density at radius 3 is 2.62 bits per heavy atom. The number of para-hydroxylation sites is 2. The summed E-state index contributed by atoms with van der Waals surface area (Å²) in [5.41, 5.74) is 0.100. The first-order valence-corrected chi connectivity index (χ1v) is 7.48. The number of esters is 1. The normalized spacial score (nSPS) is 10.1. The summed E-state index contributed by atoms with van der Waals surface area (Å²) in [6.45, 7) is 0.118. The molecule has 6 nitrogen and oxygen atoms in total. The van der Waals surface area contributed by atoms with Crippen molar-refractivity contribution in [3.63, 3.8) is 0 Å². The Morgan fingerprint density at radius 1 is 1.17 bits per heavy atom. The van der Waals surface area contributed by atoms with E-state index in [1.165, 1.54) is 25.3 Å². The lowest BCUT2D eigenvalue weighted by molar-refractivity contribution is -0.116. The molecule has 7 heteroatoms. The number of hydrogen-bond acceptors (Lipinski definition) is 5. The molecular weight excluding hydrogens is 334 g/mol. The summed E-state index contributed by atoms with van der Waals surface area (Å²) in [7, 11) is 1.21. The average Bonchev–Trinajstić information content (AvgIpc) is 2.58. The number of carbonyl (C=O) groups is 2. The summed E-state index contributed by atoms with van der Waals surface area (Å²) in [6.07, 6.45) is 0.0487. The molecule has 2 rings (SSSR count). The Bertz CT molecular complexity index is 748. The summed E-state index contributed by atoms with van der Waals surface area (Å²) in [5, 5.41) is 13.0. The highest BCUT2D eigenvalue weighted by molar-refractivity contribution is 6.32. The van der Waals surface area contributed by atoms with Gasteiger partial charge in [0.25, 0.3) is 0 Å². The summed E-state index contributed by atoms with van der Waals surface area (Å²) < 4.78 is 9.98. The Kier molecular flexibility index (Phi) is 6.03. The molecule has 2 aromatic carbocycles. The summed E-state index contributed by atoms with van der Waals surface area (Å²) in [5.74, 6) is -0.919. The van der Waals surface area contributed by atoms with Crippen molar-refractivity contribution >= 4 is 29.2 Å². The molecule has 0 aliphatic carbocycles. The molecule has 2 aromatic rings. The van der Waals surface area contributed by atoms with E-state index in [0.29, 0.717) is 10.8 Å². The molecule has 24 heavy (non-hydrogen) atoms. The lowest BCUT2D eigenvalue weighted by Crippen LogP contribution is -2.16. The third-order valence-electron chi connectivity index (χ3n) is 3.14. The second kappa shape index (κ2) is 8.21. The minimum absolute atomic E-state index is 0.0254. The summed E-state index contributed by atoms with van der Waals surface area (Å²) in [6, 6.07) is 11.4. The van der Waals surface area contributed by atoms with Crippen LogP contribution in [0.25, 0.3) is 0 Å². The van der Waals surface area contributed by atoms with E-state index in [-0.39, 0.29) is 35.9 Å². The van der Waals surface area contributed by atoms with Gasteiger partial charge < -0.3 is 19.9 Å². The van der Waals surface area contributed by atoms with E-state index in [1.807, 2.05) is 0 Å². The van der Waals surface area contributed by atoms with Gasteiger partial charge in [-0.05, 0) is 24.3 Å². The van der Waals surface area contributed by atoms with E-state index in [1.54, 1.807) is 24.3 Å². The molecule has 0 aliphatic heterocycles. The number of amides is 1. The standard InChI is InChI=1S/C17H16ClNO5/c1-23-17(22)11-5-4-7-13(16(11)21)19-15(20)9-10-24-14-8-3-2-6-12(14)18/h2-8,21H,9-10H2,1H3,(H,19,20). The minimum Gasteiger partial charge on any atom is -0.505 e. The first kappa shape index (κ1) is 17.6. The number of benzene rings is 2. The first-order valence-electron chi connectivity index (χ1n) is 7.10. The SMILES string of the molecule is COC(=O)c1cccc(NC(=O)CCOc2ccccc2Cl)c1O. The van der Waals surface area contributed by atoms with Gasteiger partial charge in [-0.3, -0.25) is 4.79 Å². The number of ether oxygens (including phenoxy) is 2. The number of aromatic hydroxyl groups is 1. The van der Waals surface area contributed by atoms with Crippen molar-refractivity contribution in [1.29, 1.82) is 0 Å². The van der Waals surface area contributed by atoms with Crippen LogP contribution in [0.1, 0.15) is 16.8 Å². The van der Waals surface area contributed by atoms with Gasteiger partial charge in [-0.15, -0.1) is 0 Å². The van der Waals surface area contributed by atoms with Crippen LogP contribution in [0.15, 0.2) is 42.5 Å². The molecule has 0 saturated heterocycles. The predicted octanol–water partition coefficient (Wildman–Crippen LogP) is 3.24. The first-order chi connectivity index (χ1) is 11.5. The maximum absolute atomic E-state index is 11.9. The monoisotopic (exact) mass is 349 g/mol. The van der Waals surface area contributed by atoms with Gasteiger partial charge >= 0.3 is 5.97 Å². The molecule has 2 N–H and O–H groups in total. The van der Waals surface area contributed by atoms with Crippen LogP contribution in [0, 0.1) is 0 Å². The molecule has 0 saturated carbocycles. The lowest BCUT2D eigenvalue weighted by atomic mass is 10.1. The zero-order chi connectivity index (χ0) is 17.5. The fraction of sp³-hybridized carbons (Fsp3) is 0.176. The van der Waals surface area contributed by atoms with Crippen LogP contribution >= 0.6 is 11.6 Å². The van der Waals surface area contributed by atoms with Crippen molar-refractivity contribution in [1.82, 2.24) is 0 Å². The van der Waals surface area contributed by atoms with Crippen molar-refractivity contribution in [2.75, 3.05) is 19.0 Å². The van der Waals surface area contributed by atoms with E-state index >= 15 is 0 Å². The van der Waals surface area contributed by atoms with E-state index in [9.17, 15) is 14.7 Å². The smallest absolute Gasteiger partial charge is 0.341 e. The Labute approximate surface area is 144 Å². The van der Waals surface area contributed by atoms with Gasteiger partial charge in [0.05, 0.1) is 30.8 Å². The average molecular weight is 350 g/mol. The van der Waals surface area contributed by atoms with Crippen LogP contribution < -0.4 is 10.1 Å². The van der Waals surface area contributed by atoms with Crippen LogP contribution in [0.4, 0.5) is 5.69 Å². The van der Waals surface area contributed by atoms with Crippen molar-refractivity contribution in [2.45, 2.75) is 6.42 Å². The zero-order valence-corrected chi connectivity index (χ0v) is 13.7. The third-order valence-corrected chi connectivity index (χ3v) is 3.45. The van der Waals surface area contributed by atoms with Gasteiger partial charge in [0, 0.05) is 0 Å².